The van der Waals surface area contributed by atoms with Crippen LogP contribution in [0.5, 0.6) is 0 Å². The summed E-state index contributed by atoms with van der Waals surface area (Å²) < 4.78 is 5.54. The van der Waals surface area contributed by atoms with E-state index in [4.69, 9.17) is 4.42 Å². The third-order valence-corrected chi connectivity index (χ3v) is 4.82. The molecule has 3 rings (SSSR count). The van der Waals surface area contributed by atoms with Gasteiger partial charge in [-0.2, -0.15) is 0 Å². The van der Waals surface area contributed by atoms with E-state index in [0.717, 1.165) is 32.9 Å². The molecule has 0 bridgehead atoms. The quantitative estimate of drug-likeness (QED) is 0.777. The highest BCUT2D eigenvalue weighted by Gasteiger charge is 2.11. The molecule has 0 spiro atoms. The summed E-state index contributed by atoms with van der Waals surface area (Å²) >= 11 is 3.03. The number of hydrogen-bond donors (Lipinski definition) is 1. The number of carbonyl (C=O) groups excluding carboxylic acids is 1. The Balaban J connectivity index is 1.56. The lowest BCUT2D eigenvalue weighted by molar-refractivity contribution is -0.120. The molecule has 3 heterocycles. The molecular formula is C15H15N3O2S2. The second kappa shape index (κ2) is 6.41. The Hall–Kier alpha value is -1.99. The van der Waals surface area contributed by atoms with Crippen LogP contribution in [0.1, 0.15) is 22.2 Å². The molecule has 0 fully saturated rings. The van der Waals surface area contributed by atoms with Gasteiger partial charge in [-0.15, -0.1) is 22.7 Å². The smallest absolute Gasteiger partial charge is 0.226 e. The van der Waals surface area contributed by atoms with Gasteiger partial charge in [-0.25, -0.2) is 9.97 Å². The normalized spacial score (nSPS) is 10.8. The molecule has 3 aromatic heterocycles. The van der Waals surface area contributed by atoms with E-state index < -0.39 is 0 Å². The zero-order valence-corrected chi connectivity index (χ0v) is 13.9. The number of nitrogens with zero attached hydrogens (tertiary/aromatic N) is 2. The average Bonchev–Trinajstić information content (AvgIpc) is 3.18. The minimum atomic E-state index is -0.0553. The lowest BCUT2D eigenvalue weighted by atomic mass is 10.3. The number of nitrogens with one attached hydrogen (secondary N) is 1. The number of furan rings is 1. The van der Waals surface area contributed by atoms with Gasteiger partial charge < -0.3 is 9.73 Å². The first-order chi connectivity index (χ1) is 10.6. The molecule has 1 amide bonds. The van der Waals surface area contributed by atoms with Gasteiger partial charge in [0.1, 0.15) is 10.8 Å². The molecular weight excluding hydrogens is 318 g/mol. The van der Waals surface area contributed by atoms with E-state index in [1.54, 1.807) is 11.3 Å². The lowest BCUT2D eigenvalue weighted by Gasteiger charge is -2.00. The van der Waals surface area contributed by atoms with E-state index in [0.29, 0.717) is 6.54 Å². The number of aryl methyl sites for hydroxylation is 2. The summed E-state index contributed by atoms with van der Waals surface area (Å²) in [6.07, 6.45) is 0.264. The van der Waals surface area contributed by atoms with Gasteiger partial charge in [0.15, 0.2) is 10.8 Å². The van der Waals surface area contributed by atoms with Crippen molar-refractivity contribution in [3.05, 3.63) is 45.0 Å². The average molecular weight is 333 g/mol. The van der Waals surface area contributed by atoms with E-state index in [1.165, 1.54) is 11.3 Å². The molecule has 0 unspecified atom stereocenters. The molecule has 0 radical (unpaired) electrons. The third-order valence-electron chi connectivity index (χ3n) is 2.95. The van der Waals surface area contributed by atoms with E-state index in [9.17, 15) is 4.79 Å². The predicted octanol–water partition coefficient (Wildman–Crippen LogP) is 3.34. The predicted molar refractivity (Wildman–Crippen MR) is 87.0 cm³/mol. The molecule has 0 saturated heterocycles. The summed E-state index contributed by atoms with van der Waals surface area (Å²) in [5, 5.41) is 8.44. The molecule has 0 aliphatic heterocycles. The van der Waals surface area contributed by atoms with Crippen LogP contribution >= 0.6 is 22.7 Å². The van der Waals surface area contributed by atoms with Crippen molar-refractivity contribution < 1.29 is 9.21 Å². The Bertz CT molecular complexity index is 788. The van der Waals surface area contributed by atoms with Crippen molar-refractivity contribution in [1.82, 2.24) is 15.3 Å². The van der Waals surface area contributed by atoms with Crippen molar-refractivity contribution in [3.63, 3.8) is 0 Å². The fourth-order valence-electron chi connectivity index (χ4n) is 1.94. The summed E-state index contributed by atoms with van der Waals surface area (Å²) in [5.41, 5.74) is 1.73. The first kappa shape index (κ1) is 14.9. The molecule has 0 aromatic carbocycles. The maximum Gasteiger partial charge on any atom is 0.226 e. The molecule has 22 heavy (non-hydrogen) atoms. The molecule has 0 aliphatic carbocycles. The van der Waals surface area contributed by atoms with Crippen LogP contribution in [0.15, 0.2) is 27.3 Å². The Morgan fingerprint density at radius 3 is 2.77 bits per heavy atom. The van der Waals surface area contributed by atoms with Crippen LogP contribution in [0.3, 0.4) is 0 Å². The highest BCUT2D eigenvalue weighted by Crippen LogP contribution is 2.25. The van der Waals surface area contributed by atoms with Crippen molar-refractivity contribution in [1.29, 1.82) is 0 Å². The van der Waals surface area contributed by atoms with Crippen LogP contribution in [-0.2, 0) is 17.8 Å². The third kappa shape index (κ3) is 3.61. The SMILES string of the molecule is Cc1csc(CNC(=O)Cc2csc(-c3ccc(C)o3)n2)n1. The van der Waals surface area contributed by atoms with Crippen LogP contribution < -0.4 is 5.32 Å². The van der Waals surface area contributed by atoms with Gasteiger partial charge in [-0.3, -0.25) is 4.79 Å². The Morgan fingerprint density at radius 2 is 2.09 bits per heavy atom. The number of carbonyl (C=O) groups is 1. The molecule has 0 saturated carbocycles. The van der Waals surface area contributed by atoms with Gasteiger partial charge in [0.05, 0.1) is 18.7 Å². The molecule has 7 heteroatoms. The molecule has 0 aliphatic rings. The number of hydrogen-bond acceptors (Lipinski definition) is 6. The fourth-order valence-corrected chi connectivity index (χ4v) is 3.43. The van der Waals surface area contributed by atoms with Crippen molar-refractivity contribution in [3.8, 4) is 10.8 Å². The van der Waals surface area contributed by atoms with Crippen LogP contribution in [-0.4, -0.2) is 15.9 Å². The highest BCUT2D eigenvalue weighted by atomic mass is 32.1. The van der Waals surface area contributed by atoms with E-state index in [1.807, 2.05) is 36.7 Å². The van der Waals surface area contributed by atoms with Crippen molar-refractivity contribution in [2.45, 2.75) is 26.8 Å². The topological polar surface area (TPSA) is 68.0 Å². The van der Waals surface area contributed by atoms with E-state index in [-0.39, 0.29) is 12.3 Å². The summed E-state index contributed by atoms with van der Waals surface area (Å²) in [4.78, 5) is 20.7. The number of rotatable bonds is 5. The molecule has 114 valence electrons. The first-order valence-electron chi connectivity index (χ1n) is 6.79. The van der Waals surface area contributed by atoms with Gasteiger partial charge >= 0.3 is 0 Å². The van der Waals surface area contributed by atoms with Crippen molar-refractivity contribution in [2.75, 3.05) is 0 Å². The summed E-state index contributed by atoms with van der Waals surface area (Å²) in [6.45, 7) is 4.30. The zero-order chi connectivity index (χ0) is 15.5. The standard InChI is InChI=1S/C15H15N3O2S2/c1-9-7-21-14(17-9)6-16-13(19)5-11-8-22-15(18-11)12-4-3-10(2)20-12/h3-4,7-8H,5-6H2,1-2H3,(H,16,19). The fraction of sp³-hybridized carbons (Fsp3) is 0.267. The van der Waals surface area contributed by atoms with Crippen molar-refractivity contribution in [2.24, 2.45) is 0 Å². The van der Waals surface area contributed by atoms with Gasteiger partial charge in [-0.05, 0) is 26.0 Å². The summed E-state index contributed by atoms with van der Waals surface area (Å²) in [5.74, 6) is 1.54. The summed E-state index contributed by atoms with van der Waals surface area (Å²) in [7, 11) is 0. The minimum Gasteiger partial charge on any atom is -0.459 e. The second-order valence-electron chi connectivity index (χ2n) is 4.89. The summed E-state index contributed by atoms with van der Waals surface area (Å²) in [6, 6.07) is 3.79. The first-order valence-corrected chi connectivity index (χ1v) is 8.55. The molecule has 5 nitrogen and oxygen atoms in total. The van der Waals surface area contributed by atoms with Crippen LogP contribution in [0.4, 0.5) is 0 Å². The maximum atomic E-state index is 11.9. The number of aromatic nitrogens is 2. The number of thiazole rings is 2. The van der Waals surface area contributed by atoms with Crippen LogP contribution in [0, 0.1) is 13.8 Å². The lowest BCUT2D eigenvalue weighted by Crippen LogP contribution is -2.24. The maximum absolute atomic E-state index is 11.9. The zero-order valence-electron chi connectivity index (χ0n) is 12.3. The van der Waals surface area contributed by atoms with Crippen LogP contribution in [0.25, 0.3) is 10.8 Å². The van der Waals surface area contributed by atoms with E-state index in [2.05, 4.69) is 15.3 Å². The van der Waals surface area contributed by atoms with E-state index >= 15 is 0 Å². The molecule has 3 aromatic rings. The second-order valence-corrected chi connectivity index (χ2v) is 6.69. The van der Waals surface area contributed by atoms with Gasteiger partial charge in [0.25, 0.3) is 0 Å². The highest BCUT2D eigenvalue weighted by molar-refractivity contribution is 7.13. The van der Waals surface area contributed by atoms with Gasteiger partial charge in [-0.1, -0.05) is 0 Å². The monoisotopic (exact) mass is 333 g/mol. The minimum absolute atomic E-state index is 0.0553. The number of amides is 1. The van der Waals surface area contributed by atoms with Gasteiger partial charge in [0.2, 0.25) is 5.91 Å². The Labute approximate surface area is 136 Å². The van der Waals surface area contributed by atoms with Crippen molar-refractivity contribution >= 4 is 28.6 Å². The largest absolute Gasteiger partial charge is 0.459 e. The molecule has 0 atom stereocenters. The Kier molecular flexibility index (Phi) is 4.35. The Morgan fingerprint density at radius 1 is 1.23 bits per heavy atom. The van der Waals surface area contributed by atoms with Crippen LogP contribution in [0.2, 0.25) is 0 Å². The van der Waals surface area contributed by atoms with Gasteiger partial charge in [0, 0.05) is 16.5 Å². The molecule has 1 N–H and O–H groups in total.